The fourth-order valence-electron chi connectivity index (χ4n) is 1.59. The van der Waals surface area contributed by atoms with E-state index in [-0.39, 0.29) is 17.9 Å². The predicted molar refractivity (Wildman–Crippen MR) is 67.3 cm³/mol. The average molecular weight is 238 g/mol. The van der Waals surface area contributed by atoms with Crippen molar-refractivity contribution in [1.29, 1.82) is 0 Å². The highest BCUT2D eigenvalue weighted by Gasteiger charge is 2.20. The second kappa shape index (κ2) is 6.39. The molecule has 0 aliphatic heterocycles. The molecule has 3 unspecified atom stereocenters. The second-order valence-corrected chi connectivity index (χ2v) is 4.55. The number of carbonyl (C=O) groups excluding carboxylic acids is 1. The van der Waals surface area contributed by atoms with Gasteiger partial charge < -0.3 is 11.1 Å². The summed E-state index contributed by atoms with van der Waals surface area (Å²) >= 11 is 0. The van der Waals surface area contributed by atoms with Gasteiger partial charge in [-0.2, -0.15) is 5.10 Å². The number of aromatic nitrogens is 2. The fourth-order valence-corrected chi connectivity index (χ4v) is 1.59. The van der Waals surface area contributed by atoms with Crippen LogP contribution >= 0.6 is 0 Å². The highest BCUT2D eigenvalue weighted by molar-refractivity contribution is 5.81. The van der Waals surface area contributed by atoms with Crippen molar-refractivity contribution >= 4 is 5.91 Å². The molecule has 3 atom stereocenters. The van der Waals surface area contributed by atoms with E-state index in [1.807, 2.05) is 33.0 Å². The Morgan fingerprint density at radius 3 is 2.76 bits per heavy atom. The van der Waals surface area contributed by atoms with Crippen molar-refractivity contribution in [2.24, 2.45) is 11.7 Å². The molecule has 1 aromatic heterocycles. The van der Waals surface area contributed by atoms with Crippen LogP contribution in [-0.4, -0.2) is 27.8 Å². The first-order valence-corrected chi connectivity index (χ1v) is 6.08. The molecular formula is C12H22N4O. The first-order valence-electron chi connectivity index (χ1n) is 6.08. The molecule has 0 radical (unpaired) electrons. The van der Waals surface area contributed by atoms with Gasteiger partial charge in [-0.1, -0.05) is 20.3 Å². The summed E-state index contributed by atoms with van der Waals surface area (Å²) in [6, 6.07) is 1.46. The molecule has 0 spiro atoms. The Bertz CT molecular complexity index is 336. The normalized spacial score (nSPS) is 16.2. The molecule has 5 nitrogen and oxygen atoms in total. The van der Waals surface area contributed by atoms with E-state index in [1.54, 1.807) is 10.9 Å². The van der Waals surface area contributed by atoms with Crippen LogP contribution in [0, 0.1) is 5.92 Å². The molecule has 0 saturated carbocycles. The van der Waals surface area contributed by atoms with Crippen LogP contribution in [0.4, 0.5) is 0 Å². The van der Waals surface area contributed by atoms with Gasteiger partial charge in [-0.25, -0.2) is 0 Å². The van der Waals surface area contributed by atoms with E-state index in [0.717, 1.165) is 6.42 Å². The van der Waals surface area contributed by atoms with Crippen molar-refractivity contribution in [2.45, 2.75) is 45.8 Å². The van der Waals surface area contributed by atoms with Crippen LogP contribution in [0.2, 0.25) is 0 Å². The van der Waals surface area contributed by atoms with Gasteiger partial charge in [0.05, 0.1) is 12.6 Å². The summed E-state index contributed by atoms with van der Waals surface area (Å²) < 4.78 is 1.79. The summed E-state index contributed by atoms with van der Waals surface area (Å²) in [5, 5.41) is 7.00. The summed E-state index contributed by atoms with van der Waals surface area (Å²) in [6.45, 7) is 6.63. The van der Waals surface area contributed by atoms with Crippen LogP contribution in [0.25, 0.3) is 0 Å². The monoisotopic (exact) mass is 238 g/mol. The summed E-state index contributed by atoms with van der Waals surface area (Å²) in [5.41, 5.74) is 5.86. The van der Waals surface area contributed by atoms with E-state index in [4.69, 9.17) is 5.73 Å². The largest absolute Gasteiger partial charge is 0.350 e. The van der Waals surface area contributed by atoms with Crippen LogP contribution in [0.5, 0.6) is 0 Å². The number of carbonyl (C=O) groups is 1. The van der Waals surface area contributed by atoms with Gasteiger partial charge >= 0.3 is 0 Å². The molecule has 3 N–H and O–H groups in total. The van der Waals surface area contributed by atoms with E-state index >= 15 is 0 Å². The lowest BCUT2D eigenvalue weighted by atomic mass is 9.99. The van der Waals surface area contributed by atoms with E-state index in [9.17, 15) is 4.79 Å². The van der Waals surface area contributed by atoms with Gasteiger partial charge in [-0.3, -0.25) is 9.48 Å². The lowest BCUT2D eigenvalue weighted by Gasteiger charge is -2.21. The summed E-state index contributed by atoms with van der Waals surface area (Å²) in [7, 11) is 0. The Morgan fingerprint density at radius 1 is 1.53 bits per heavy atom. The summed E-state index contributed by atoms with van der Waals surface area (Å²) in [6.07, 6.45) is 4.50. The molecule has 5 heteroatoms. The Kier molecular flexibility index (Phi) is 5.15. The standard InChI is InChI=1S/C12H22N4O/c1-4-9(2)11(13)12(17)15-10(3)8-16-7-5-6-14-16/h5-7,9-11H,4,8,13H2,1-3H3,(H,15,17). The van der Waals surface area contributed by atoms with Gasteiger partial charge in [0.15, 0.2) is 0 Å². The predicted octanol–water partition coefficient (Wildman–Crippen LogP) is 0.761. The Labute approximate surface area is 102 Å². The smallest absolute Gasteiger partial charge is 0.237 e. The topological polar surface area (TPSA) is 72.9 Å². The molecule has 17 heavy (non-hydrogen) atoms. The summed E-state index contributed by atoms with van der Waals surface area (Å²) in [4.78, 5) is 11.8. The quantitative estimate of drug-likeness (QED) is 0.768. The molecule has 96 valence electrons. The Balaban J connectivity index is 2.40. The maximum atomic E-state index is 11.8. The fraction of sp³-hybridized carbons (Fsp3) is 0.667. The zero-order valence-corrected chi connectivity index (χ0v) is 10.8. The van der Waals surface area contributed by atoms with E-state index in [1.165, 1.54) is 0 Å². The van der Waals surface area contributed by atoms with Crippen molar-refractivity contribution in [1.82, 2.24) is 15.1 Å². The number of nitrogens with two attached hydrogens (primary N) is 1. The van der Waals surface area contributed by atoms with Crippen molar-refractivity contribution < 1.29 is 4.79 Å². The lowest BCUT2D eigenvalue weighted by Crippen LogP contribution is -2.48. The molecule has 1 aromatic rings. The zero-order valence-electron chi connectivity index (χ0n) is 10.8. The molecule has 0 aliphatic carbocycles. The third kappa shape index (κ3) is 4.19. The first kappa shape index (κ1) is 13.7. The van der Waals surface area contributed by atoms with Gasteiger partial charge in [0, 0.05) is 18.4 Å². The number of rotatable bonds is 6. The minimum Gasteiger partial charge on any atom is -0.350 e. The minimum atomic E-state index is -0.430. The third-order valence-corrected chi connectivity index (χ3v) is 2.97. The van der Waals surface area contributed by atoms with E-state index in [0.29, 0.717) is 6.54 Å². The van der Waals surface area contributed by atoms with Gasteiger partial charge in [-0.05, 0) is 18.9 Å². The van der Waals surface area contributed by atoms with Gasteiger partial charge in [0.25, 0.3) is 0 Å². The molecule has 0 aromatic carbocycles. The Hall–Kier alpha value is -1.36. The Morgan fingerprint density at radius 2 is 2.24 bits per heavy atom. The van der Waals surface area contributed by atoms with Crippen LogP contribution < -0.4 is 11.1 Å². The molecule has 0 bridgehead atoms. The molecule has 1 amide bonds. The lowest BCUT2D eigenvalue weighted by molar-refractivity contribution is -0.124. The van der Waals surface area contributed by atoms with Gasteiger partial charge in [0.1, 0.15) is 0 Å². The molecule has 0 fully saturated rings. The van der Waals surface area contributed by atoms with E-state index < -0.39 is 6.04 Å². The number of hydrogen-bond acceptors (Lipinski definition) is 3. The number of nitrogens with one attached hydrogen (secondary N) is 1. The van der Waals surface area contributed by atoms with Crippen LogP contribution in [0.1, 0.15) is 27.2 Å². The van der Waals surface area contributed by atoms with Crippen molar-refractivity contribution in [3.05, 3.63) is 18.5 Å². The van der Waals surface area contributed by atoms with Crippen molar-refractivity contribution in [2.75, 3.05) is 0 Å². The molecule has 0 saturated heterocycles. The van der Waals surface area contributed by atoms with Gasteiger partial charge in [-0.15, -0.1) is 0 Å². The maximum Gasteiger partial charge on any atom is 0.237 e. The summed E-state index contributed by atoms with van der Waals surface area (Å²) in [5.74, 6) is 0.117. The second-order valence-electron chi connectivity index (χ2n) is 4.55. The molecule has 1 heterocycles. The highest BCUT2D eigenvalue weighted by Crippen LogP contribution is 2.05. The van der Waals surface area contributed by atoms with Crippen molar-refractivity contribution in [3.63, 3.8) is 0 Å². The molecule has 1 rings (SSSR count). The van der Waals surface area contributed by atoms with Crippen LogP contribution in [-0.2, 0) is 11.3 Å². The highest BCUT2D eigenvalue weighted by atomic mass is 16.2. The van der Waals surface area contributed by atoms with Crippen LogP contribution in [0.3, 0.4) is 0 Å². The maximum absolute atomic E-state index is 11.8. The molecular weight excluding hydrogens is 216 g/mol. The number of hydrogen-bond donors (Lipinski definition) is 2. The number of amides is 1. The minimum absolute atomic E-state index is 0.0255. The molecule has 0 aliphatic rings. The number of nitrogens with zero attached hydrogens (tertiary/aromatic N) is 2. The van der Waals surface area contributed by atoms with E-state index in [2.05, 4.69) is 10.4 Å². The van der Waals surface area contributed by atoms with Crippen molar-refractivity contribution in [3.8, 4) is 0 Å². The zero-order chi connectivity index (χ0) is 12.8. The van der Waals surface area contributed by atoms with Gasteiger partial charge in [0.2, 0.25) is 5.91 Å². The average Bonchev–Trinajstić information content (AvgIpc) is 2.79. The first-order chi connectivity index (χ1) is 8.04. The SMILES string of the molecule is CCC(C)C(N)C(=O)NC(C)Cn1cccn1. The van der Waals surface area contributed by atoms with Crippen LogP contribution in [0.15, 0.2) is 18.5 Å². The third-order valence-electron chi connectivity index (χ3n) is 2.97.